The van der Waals surface area contributed by atoms with Gasteiger partial charge in [-0.25, -0.2) is 14.8 Å². The lowest BCUT2D eigenvalue weighted by atomic mass is 9.86. The fraction of sp³-hybridized carbons (Fsp3) is 0.0833. The summed E-state index contributed by atoms with van der Waals surface area (Å²) in [6.07, 6.45) is 0.0972. The Labute approximate surface area is 182 Å². The van der Waals surface area contributed by atoms with Crippen molar-refractivity contribution >= 4 is 23.3 Å². The summed E-state index contributed by atoms with van der Waals surface area (Å²) < 4.78 is 0. The number of amides is 1. The molecule has 0 saturated carbocycles. The van der Waals surface area contributed by atoms with Gasteiger partial charge in [-0.2, -0.15) is 0 Å². The number of hydrogen-bond acceptors (Lipinski definition) is 7. The minimum atomic E-state index is -1.25. The Morgan fingerprint density at radius 2 is 1.59 bits per heavy atom. The van der Waals surface area contributed by atoms with Gasteiger partial charge in [0.05, 0.1) is 22.1 Å². The maximum absolute atomic E-state index is 13.3. The van der Waals surface area contributed by atoms with Gasteiger partial charge in [-0.1, -0.05) is 54.1 Å². The molecule has 1 saturated heterocycles. The van der Waals surface area contributed by atoms with Gasteiger partial charge in [-0.15, -0.1) is 0 Å². The highest BCUT2D eigenvalue weighted by Gasteiger charge is 2.49. The predicted octanol–water partition coefficient (Wildman–Crippen LogP) is 1.87. The summed E-state index contributed by atoms with van der Waals surface area (Å²) in [5.74, 6) is -0.830. The summed E-state index contributed by atoms with van der Waals surface area (Å²) in [4.78, 5) is 41.0. The summed E-state index contributed by atoms with van der Waals surface area (Å²) in [6.45, 7) is 0. The van der Waals surface area contributed by atoms with Crippen LogP contribution in [0.25, 0.3) is 0 Å². The highest BCUT2D eigenvalue weighted by molar-refractivity contribution is 6.06. The first kappa shape index (κ1) is 18.5. The van der Waals surface area contributed by atoms with Crippen molar-refractivity contribution in [1.29, 1.82) is 0 Å². The third-order valence-corrected chi connectivity index (χ3v) is 5.80. The molecule has 0 aliphatic carbocycles. The fourth-order valence-corrected chi connectivity index (χ4v) is 4.33. The van der Waals surface area contributed by atoms with Gasteiger partial charge in [0.1, 0.15) is 0 Å². The smallest absolute Gasteiger partial charge is 0.345 e. The van der Waals surface area contributed by atoms with Crippen molar-refractivity contribution in [1.82, 2.24) is 5.59 Å². The van der Waals surface area contributed by atoms with Crippen LogP contribution in [0.4, 0.5) is 11.4 Å². The van der Waals surface area contributed by atoms with Crippen molar-refractivity contribution in [2.24, 2.45) is 9.98 Å². The molecular formula is C24H17N5O3. The molecule has 32 heavy (non-hydrogen) atoms. The molecule has 8 nitrogen and oxygen atoms in total. The zero-order valence-corrected chi connectivity index (χ0v) is 16.8. The van der Waals surface area contributed by atoms with E-state index in [0.29, 0.717) is 27.8 Å². The van der Waals surface area contributed by atoms with Gasteiger partial charge in [0.25, 0.3) is 5.91 Å². The molecule has 2 N–H and O–H groups in total. The number of carbonyl (C=O) groups is 2. The molecule has 0 aromatic heterocycles. The molecular weight excluding hydrogens is 406 g/mol. The number of anilines is 2. The molecule has 156 valence electrons. The molecule has 1 atom stereocenters. The van der Waals surface area contributed by atoms with Crippen molar-refractivity contribution in [3.05, 3.63) is 107 Å². The number of carbonyl (C=O) groups excluding carboxylic acids is 2. The molecule has 3 aliphatic heterocycles. The van der Waals surface area contributed by atoms with Crippen molar-refractivity contribution in [3.8, 4) is 0 Å². The number of hydrazine groups is 1. The lowest BCUT2D eigenvalue weighted by Gasteiger charge is -2.23. The zero-order chi connectivity index (χ0) is 21.7. The molecule has 3 aliphatic rings. The molecule has 0 radical (unpaired) electrons. The number of rotatable bonds is 1. The Hall–Kier alpha value is -4.30. The Bertz CT molecular complexity index is 1430. The van der Waals surface area contributed by atoms with E-state index in [0.717, 1.165) is 5.56 Å². The van der Waals surface area contributed by atoms with E-state index in [1.54, 1.807) is 5.01 Å². The van der Waals surface area contributed by atoms with Crippen LogP contribution in [0.2, 0.25) is 0 Å². The van der Waals surface area contributed by atoms with E-state index in [2.05, 4.69) is 10.9 Å². The van der Waals surface area contributed by atoms with Gasteiger partial charge < -0.3 is 10.2 Å². The molecule has 1 unspecified atom stereocenters. The van der Waals surface area contributed by atoms with E-state index in [9.17, 15) is 9.59 Å². The summed E-state index contributed by atoms with van der Waals surface area (Å²) in [5, 5.41) is 5.65. The van der Waals surface area contributed by atoms with Crippen molar-refractivity contribution in [2.75, 3.05) is 10.3 Å². The number of benzene rings is 3. The van der Waals surface area contributed by atoms with Crippen LogP contribution in [-0.4, -0.2) is 11.9 Å². The summed E-state index contributed by atoms with van der Waals surface area (Å²) in [7, 11) is 0. The average Bonchev–Trinajstić information content (AvgIpc) is 3.26. The topological polar surface area (TPSA) is 95.4 Å². The normalized spacial score (nSPS) is 23.6. The van der Waals surface area contributed by atoms with Gasteiger partial charge in [-0.05, 0) is 30.3 Å². The van der Waals surface area contributed by atoms with E-state index in [1.807, 2.05) is 78.9 Å². The first-order chi connectivity index (χ1) is 15.7. The summed E-state index contributed by atoms with van der Waals surface area (Å²) >= 11 is 0. The van der Waals surface area contributed by atoms with Gasteiger partial charge in [0, 0.05) is 17.7 Å². The lowest BCUT2D eigenvalue weighted by molar-refractivity contribution is -0.140. The molecule has 8 heteroatoms. The minimum Gasteiger partial charge on any atom is -0.345 e. The summed E-state index contributed by atoms with van der Waals surface area (Å²) in [6, 6.07) is 24.1. The maximum Gasteiger partial charge on any atom is 0.378 e. The van der Waals surface area contributed by atoms with Crippen LogP contribution < -0.4 is 26.6 Å². The second-order valence-electron chi connectivity index (χ2n) is 7.70. The highest BCUT2D eigenvalue weighted by atomic mass is 16.7. The number of para-hydroxylation sites is 4. The summed E-state index contributed by atoms with van der Waals surface area (Å²) in [5.41, 5.74) is 4.20. The third-order valence-electron chi connectivity index (χ3n) is 5.80. The van der Waals surface area contributed by atoms with Crippen LogP contribution in [-0.2, 0) is 20.0 Å². The molecule has 0 bridgehead atoms. The quantitative estimate of drug-likeness (QED) is 0.583. The first-order valence-corrected chi connectivity index (χ1v) is 10.2. The Kier molecular flexibility index (Phi) is 3.96. The largest absolute Gasteiger partial charge is 0.378 e. The molecule has 1 spiro atoms. The van der Waals surface area contributed by atoms with Gasteiger partial charge in [0.15, 0.2) is 11.2 Å². The average molecular weight is 423 g/mol. The van der Waals surface area contributed by atoms with Crippen LogP contribution in [0.15, 0.2) is 100 Å². The number of nitrogens with one attached hydrogen (secondary N) is 2. The molecule has 6 rings (SSSR count). The van der Waals surface area contributed by atoms with Crippen LogP contribution in [0.3, 0.4) is 0 Å². The zero-order valence-electron chi connectivity index (χ0n) is 16.8. The first-order valence-electron chi connectivity index (χ1n) is 10.2. The monoisotopic (exact) mass is 423 g/mol. The Balaban J connectivity index is 1.65. The van der Waals surface area contributed by atoms with E-state index in [-0.39, 0.29) is 18.0 Å². The molecule has 3 aromatic carbocycles. The van der Waals surface area contributed by atoms with Gasteiger partial charge in [0.2, 0.25) is 0 Å². The minimum absolute atomic E-state index is 0.0972. The second-order valence-corrected chi connectivity index (χ2v) is 7.70. The number of fused-ring (bicyclic) bond motifs is 3. The SMILES string of the molecule is O=C1ONN(c2ccccc2)/C1=C1/CC2(N=c3ccccc3=N1)C(=O)Nc1ccccc12. The van der Waals surface area contributed by atoms with E-state index in [4.69, 9.17) is 14.8 Å². The molecule has 3 aromatic rings. The van der Waals surface area contributed by atoms with Gasteiger partial charge in [-0.3, -0.25) is 9.79 Å². The third kappa shape index (κ3) is 2.67. The standard InChI is InChI=1S/C24H17N5O3/c30-22-21(29(28-32-22)15-8-2-1-3-9-15)20-14-24(27-19-13-7-6-12-18(19)25-20)16-10-4-5-11-17(16)26-23(24)31/h1-13,28H,14H2,(H,26,31)/b21-20-. The van der Waals surface area contributed by atoms with Crippen molar-refractivity contribution in [3.63, 3.8) is 0 Å². The second kappa shape index (κ2) is 6.86. The maximum atomic E-state index is 13.3. The van der Waals surface area contributed by atoms with E-state index in [1.165, 1.54) is 0 Å². The van der Waals surface area contributed by atoms with Crippen LogP contribution in [0.1, 0.15) is 12.0 Å². The van der Waals surface area contributed by atoms with Crippen molar-refractivity contribution in [2.45, 2.75) is 12.0 Å². The lowest BCUT2D eigenvalue weighted by Crippen LogP contribution is -2.36. The van der Waals surface area contributed by atoms with E-state index >= 15 is 0 Å². The molecule has 1 fully saturated rings. The Morgan fingerprint density at radius 3 is 2.44 bits per heavy atom. The van der Waals surface area contributed by atoms with Crippen LogP contribution >= 0.6 is 0 Å². The van der Waals surface area contributed by atoms with Crippen LogP contribution in [0.5, 0.6) is 0 Å². The predicted molar refractivity (Wildman–Crippen MR) is 115 cm³/mol. The number of nitrogens with zero attached hydrogens (tertiary/aromatic N) is 3. The van der Waals surface area contributed by atoms with Crippen LogP contribution in [0, 0.1) is 0 Å². The molecule has 1 amide bonds. The molecule has 3 heterocycles. The van der Waals surface area contributed by atoms with Gasteiger partial charge >= 0.3 is 5.97 Å². The Morgan fingerprint density at radius 1 is 0.875 bits per heavy atom. The van der Waals surface area contributed by atoms with E-state index < -0.39 is 11.5 Å². The fourth-order valence-electron chi connectivity index (χ4n) is 4.33. The van der Waals surface area contributed by atoms with Crippen molar-refractivity contribution < 1.29 is 14.4 Å². The number of hydrogen-bond donors (Lipinski definition) is 2. The highest BCUT2D eigenvalue weighted by Crippen LogP contribution is 2.44.